The molecule has 9 nitrogen and oxygen atoms in total. The first kappa shape index (κ1) is 17.2. The number of nitrogens with two attached hydrogens (primary N) is 1. The highest BCUT2D eigenvalue weighted by atomic mass is 19.1. The van der Waals surface area contributed by atoms with Crippen LogP contribution in [0.2, 0.25) is 0 Å². The molecule has 0 aromatic carbocycles. The van der Waals surface area contributed by atoms with Crippen molar-refractivity contribution in [2.45, 2.75) is 24.3 Å². The molecular formula is C12H17F2N5O4. The van der Waals surface area contributed by atoms with Gasteiger partial charge in [-0.1, -0.05) is 0 Å². The Bertz CT molecular complexity index is 722. The van der Waals surface area contributed by atoms with E-state index in [0.717, 1.165) is 11.6 Å². The fraction of sp³-hybridized carbons (Fsp3) is 0.583. The molecule has 128 valence electrons. The van der Waals surface area contributed by atoms with E-state index in [-0.39, 0.29) is 17.3 Å². The van der Waals surface area contributed by atoms with Crippen LogP contribution in [0.25, 0.3) is 5.65 Å². The topological polar surface area (TPSA) is 139 Å². The molecule has 0 amide bonds. The Balaban J connectivity index is 2.30. The molecule has 5 N–H and O–H groups in total. The molecule has 2 heterocycles. The van der Waals surface area contributed by atoms with Crippen LogP contribution >= 0.6 is 0 Å². The lowest BCUT2D eigenvalue weighted by atomic mass is 9.93. The van der Waals surface area contributed by atoms with Crippen LogP contribution in [-0.4, -0.2) is 68.1 Å². The van der Waals surface area contributed by atoms with E-state index in [2.05, 4.69) is 15.1 Å². The number of aliphatic hydroxyl groups is 2. The highest BCUT2D eigenvalue weighted by Crippen LogP contribution is 2.23. The lowest BCUT2D eigenvalue weighted by Crippen LogP contribution is -2.54. The molecule has 2 rings (SSSR count). The quantitative estimate of drug-likeness (QED) is 0.488. The molecule has 0 aliphatic rings. The van der Waals surface area contributed by atoms with Gasteiger partial charge in [0.05, 0.1) is 18.5 Å². The predicted octanol–water partition coefficient (Wildman–Crippen LogP) is -1.41. The largest absolute Gasteiger partial charge is 0.393 e. The smallest absolute Gasteiger partial charge is 0.295 e. The zero-order valence-corrected chi connectivity index (χ0v) is 12.2. The van der Waals surface area contributed by atoms with Crippen molar-refractivity contribution in [3.8, 4) is 0 Å². The highest BCUT2D eigenvalue weighted by molar-refractivity contribution is 5.38. The van der Waals surface area contributed by atoms with Crippen molar-refractivity contribution in [3.63, 3.8) is 0 Å². The van der Waals surface area contributed by atoms with Crippen molar-refractivity contribution in [2.75, 3.05) is 26.1 Å². The third-order valence-electron chi connectivity index (χ3n) is 3.65. The molecule has 2 aromatic rings. The van der Waals surface area contributed by atoms with E-state index in [4.69, 9.17) is 10.5 Å². The minimum absolute atomic E-state index is 0.0958. The Morgan fingerprint density at radius 2 is 2.30 bits per heavy atom. The van der Waals surface area contributed by atoms with Gasteiger partial charge in [-0.15, -0.1) is 5.10 Å². The van der Waals surface area contributed by atoms with E-state index >= 15 is 0 Å². The molecule has 0 aliphatic heterocycles. The summed E-state index contributed by atoms with van der Waals surface area (Å²) in [6.07, 6.45) is -3.19. The van der Waals surface area contributed by atoms with Crippen LogP contribution < -0.4 is 11.3 Å². The number of imidazole rings is 1. The summed E-state index contributed by atoms with van der Waals surface area (Å²) in [6.45, 7) is -2.18. The molecule has 23 heavy (non-hydrogen) atoms. The molecule has 0 radical (unpaired) electrons. The minimum atomic E-state index is -2.07. The lowest BCUT2D eigenvalue weighted by Gasteiger charge is -2.34. The highest BCUT2D eigenvalue weighted by Gasteiger charge is 2.43. The van der Waals surface area contributed by atoms with Gasteiger partial charge in [-0.25, -0.2) is 18.3 Å². The fourth-order valence-electron chi connectivity index (χ4n) is 2.19. The van der Waals surface area contributed by atoms with Crippen LogP contribution in [0.3, 0.4) is 0 Å². The van der Waals surface area contributed by atoms with Crippen LogP contribution in [-0.2, 0) is 11.2 Å². The van der Waals surface area contributed by atoms with E-state index < -0.39 is 43.1 Å². The van der Waals surface area contributed by atoms with Crippen molar-refractivity contribution in [1.82, 2.24) is 19.6 Å². The van der Waals surface area contributed by atoms with Crippen LogP contribution in [0, 0.1) is 0 Å². The van der Waals surface area contributed by atoms with Crippen LogP contribution in [0.5, 0.6) is 0 Å². The third kappa shape index (κ3) is 3.02. The summed E-state index contributed by atoms with van der Waals surface area (Å²) in [5.74, 6) is -0.192. The second kappa shape index (κ2) is 6.56. The van der Waals surface area contributed by atoms with E-state index in [1.165, 1.54) is 6.20 Å². The van der Waals surface area contributed by atoms with E-state index in [9.17, 15) is 23.8 Å². The Kier molecular flexibility index (Phi) is 4.92. The van der Waals surface area contributed by atoms with Gasteiger partial charge in [-0.05, 0) is 0 Å². The number of hydrogen-bond acceptors (Lipinski definition) is 7. The van der Waals surface area contributed by atoms with Crippen LogP contribution in [0.15, 0.2) is 11.0 Å². The first-order valence-corrected chi connectivity index (χ1v) is 6.65. The summed E-state index contributed by atoms with van der Waals surface area (Å²) >= 11 is 0. The molecule has 0 spiro atoms. The molecule has 1 unspecified atom stereocenters. The van der Waals surface area contributed by atoms with Gasteiger partial charge < -0.3 is 20.7 Å². The number of rotatable bonds is 7. The zero-order chi connectivity index (χ0) is 17.2. The standard InChI is InChI=1S/C12H17F2N5O4/c1-23-12(4-13,5-20)8(21)7(14)2-6-3-16-9-10(22)17-11(15)18-19(6)9/h3,7-8,20-21H,2,4-5H2,1H3,(H3,15,17,18,22)/t7-,8-,12?/m0/s1. The van der Waals surface area contributed by atoms with Crippen molar-refractivity contribution < 1.29 is 23.7 Å². The number of nitrogens with zero attached hydrogens (tertiary/aromatic N) is 3. The van der Waals surface area contributed by atoms with Gasteiger partial charge in [0.2, 0.25) is 11.6 Å². The molecule has 0 bridgehead atoms. The number of H-pyrrole nitrogens is 1. The number of methoxy groups -OCH3 is 1. The normalized spacial score (nSPS) is 17.1. The zero-order valence-electron chi connectivity index (χ0n) is 12.2. The predicted molar refractivity (Wildman–Crippen MR) is 75.4 cm³/mol. The van der Waals surface area contributed by atoms with Gasteiger partial charge in [0.15, 0.2) is 0 Å². The summed E-state index contributed by atoms with van der Waals surface area (Å²) < 4.78 is 33.2. The summed E-state index contributed by atoms with van der Waals surface area (Å²) in [5, 5.41) is 23.0. The van der Waals surface area contributed by atoms with E-state index in [1.807, 2.05) is 0 Å². The monoisotopic (exact) mass is 333 g/mol. The van der Waals surface area contributed by atoms with Crippen molar-refractivity contribution in [3.05, 3.63) is 22.2 Å². The van der Waals surface area contributed by atoms with Gasteiger partial charge in [0.1, 0.15) is 24.6 Å². The van der Waals surface area contributed by atoms with Crippen LogP contribution in [0.1, 0.15) is 5.69 Å². The summed E-state index contributed by atoms with van der Waals surface area (Å²) in [7, 11) is 1.06. The second-order valence-corrected chi connectivity index (χ2v) is 5.05. The summed E-state index contributed by atoms with van der Waals surface area (Å²) in [4.78, 5) is 17.7. The first-order chi connectivity index (χ1) is 10.9. The molecule has 2 aromatic heterocycles. The number of nitrogens with one attached hydrogen (secondary N) is 1. The number of hydrogen-bond donors (Lipinski definition) is 4. The van der Waals surface area contributed by atoms with Gasteiger partial charge in [-0.2, -0.15) is 0 Å². The maximum absolute atomic E-state index is 14.4. The summed E-state index contributed by atoms with van der Waals surface area (Å²) in [5.41, 5.74) is 2.79. The molecular weight excluding hydrogens is 316 g/mol. The number of halogens is 2. The molecule has 0 saturated carbocycles. The number of ether oxygens (including phenoxy) is 1. The molecule has 0 aliphatic carbocycles. The maximum Gasteiger partial charge on any atom is 0.295 e. The lowest BCUT2D eigenvalue weighted by molar-refractivity contribution is -0.159. The minimum Gasteiger partial charge on any atom is -0.393 e. The average Bonchev–Trinajstić information content (AvgIpc) is 2.92. The third-order valence-corrected chi connectivity index (χ3v) is 3.65. The number of aromatic amines is 1. The van der Waals surface area contributed by atoms with Crippen LogP contribution in [0.4, 0.5) is 14.7 Å². The van der Waals surface area contributed by atoms with E-state index in [0.29, 0.717) is 0 Å². The van der Waals surface area contributed by atoms with Gasteiger partial charge in [0, 0.05) is 13.5 Å². The number of aromatic nitrogens is 4. The SMILES string of the molecule is COC(CO)(CF)[C@@H](O)[C@@H](F)Cc1cnc2c(=O)[nH]c(N)nn12. The number of aliphatic hydroxyl groups excluding tert-OH is 2. The summed E-state index contributed by atoms with van der Waals surface area (Å²) in [6, 6.07) is 0. The number of anilines is 1. The number of alkyl halides is 2. The molecule has 0 fully saturated rings. The Morgan fingerprint density at radius 3 is 2.87 bits per heavy atom. The molecule has 0 saturated heterocycles. The van der Waals surface area contributed by atoms with Gasteiger partial charge in [-0.3, -0.25) is 9.78 Å². The number of fused-ring (bicyclic) bond motifs is 1. The van der Waals surface area contributed by atoms with Gasteiger partial charge in [0.25, 0.3) is 5.56 Å². The maximum atomic E-state index is 14.4. The Morgan fingerprint density at radius 1 is 1.61 bits per heavy atom. The molecule has 11 heteroatoms. The Hall–Kier alpha value is -2.11. The number of nitrogen functional groups attached to an aromatic ring is 1. The van der Waals surface area contributed by atoms with Crippen molar-refractivity contribution in [1.29, 1.82) is 0 Å². The fourth-order valence-corrected chi connectivity index (χ4v) is 2.19. The van der Waals surface area contributed by atoms with Crippen molar-refractivity contribution in [2.24, 2.45) is 0 Å². The average molecular weight is 333 g/mol. The molecule has 3 atom stereocenters. The van der Waals surface area contributed by atoms with E-state index in [1.54, 1.807) is 0 Å². The van der Waals surface area contributed by atoms with Crippen molar-refractivity contribution >= 4 is 11.6 Å². The first-order valence-electron chi connectivity index (χ1n) is 6.65. The second-order valence-electron chi connectivity index (χ2n) is 5.05. The Labute approximate surface area is 128 Å². The van der Waals surface area contributed by atoms with Gasteiger partial charge >= 0.3 is 0 Å².